The lowest BCUT2D eigenvalue weighted by Crippen LogP contribution is -2.42. The summed E-state index contributed by atoms with van der Waals surface area (Å²) in [5, 5.41) is 14.9. The molecule has 4 aromatic rings. The van der Waals surface area contributed by atoms with Crippen LogP contribution in [0.5, 0.6) is 11.5 Å². The molecule has 0 saturated carbocycles. The Morgan fingerprint density at radius 2 is 1.91 bits per heavy atom. The summed E-state index contributed by atoms with van der Waals surface area (Å²) in [4.78, 5) is 14.1. The highest BCUT2D eigenvalue weighted by atomic mass is 16.5. The van der Waals surface area contributed by atoms with Crippen molar-refractivity contribution < 1.29 is 18.7 Å². The summed E-state index contributed by atoms with van der Waals surface area (Å²) in [5.41, 5.74) is 1.83. The largest absolute Gasteiger partial charge is 0.508 e. The Kier molecular flexibility index (Phi) is 6.32. The topological polar surface area (TPSA) is 88.1 Å². The molecule has 2 aromatic carbocycles. The number of piperidine rings is 1. The number of fused-ring (bicyclic) bond motifs is 2. The van der Waals surface area contributed by atoms with Gasteiger partial charge in [0, 0.05) is 31.3 Å². The van der Waals surface area contributed by atoms with E-state index in [1.54, 1.807) is 24.5 Å². The summed E-state index contributed by atoms with van der Waals surface area (Å²) in [6.07, 6.45) is 4.75. The average molecular weight is 449 g/mol. The monoisotopic (exact) mass is 448 g/mol. The highest BCUT2D eigenvalue weighted by Gasteiger charge is 2.19. The Bertz CT molecular complexity index is 1290. The first kappa shape index (κ1) is 21.6. The smallest absolute Gasteiger partial charge is 0.336 e. The number of nitrogens with zero attached hydrogens (tertiary/aromatic N) is 1. The van der Waals surface area contributed by atoms with Crippen LogP contribution >= 0.6 is 0 Å². The number of ether oxygens (including phenoxy) is 1. The fraction of sp³-hybridized carbons (Fsp3) is 0.346. The molecule has 0 unspecified atom stereocenters. The molecule has 1 aliphatic rings. The third-order valence-corrected chi connectivity index (χ3v) is 6.27. The summed E-state index contributed by atoms with van der Waals surface area (Å²) in [5.74, 6) is 1.02. The molecular weight excluding hydrogens is 420 g/mol. The van der Waals surface area contributed by atoms with Gasteiger partial charge in [-0.25, -0.2) is 4.79 Å². The fourth-order valence-electron chi connectivity index (χ4n) is 4.52. The number of likely N-dealkylation sites (tertiary alicyclic amines) is 1. The molecule has 0 amide bonds. The van der Waals surface area contributed by atoms with Crippen LogP contribution in [0, 0.1) is 0 Å². The van der Waals surface area contributed by atoms with Gasteiger partial charge in [0.15, 0.2) is 0 Å². The van der Waals surface area contributed by atoms with E-state index in [0.29, 0.717) is 35.3 Å². The Morgan fingerprint density at radius 1 is 1.06 bits per heavy atom. The van der Waals surface area contributed by atoms with E-state index < -0.39 is 0 Å². The molecule has 7 nitrogen and oxygen atoms in total. The first-order chi connectivity index (χ1) is 16.2. The molecule has 0 bridgehead atoms. The molecule has 0 radical (unpaired) electrons. The predicted molar refractivity (Wildman–Crippen MR) is 127 cm³/mol. The molecule has 3 heterocycles. The molecule has 1 fully saturated rings. The summed E-state index contributed by atoms with van der Waals surface area (Å²) in [7, 11) is 0. The van der Waals surface area contributed by atoms with E-state index in [0.717, 1.165) is 61.8 Å². The van der Waals surface area contributed by atoms with Gasteiger partial charge in [0.2, 0.25) is 0 Å². The lowest BCUT2D eigenvalue weighted by atomic mass is 10.0. The van der Waals surface area contributed by atoms with E-state index in [-0.39, 0.29) is 5.63 Å². The summed E-state index contributed by atoms with van der Waals surface area (Å²) in [6, 6.07) is 14.7. The molecule has 172 valence electrons. The van der Waals surface area contributed by atoms with Gasteiger partial charge in [0.05, 0.1) is 23.6 Å². The van der Waals surface area contributed by atoms with Crippen molar-refractivity contribution in [3.8, 4) is 11.5 Å². The molecule has 0 aliphatic carbocycles. The van der Waals surface area contributed by atoms with Gasteiger partial charge >= 0.3 is 5.63 Å². The van der Waals surface area contributed by atoms with Gasteiger partial charge in [0.1, 0.15) is 22.7 Å². The highest BCUT2D eigenvalue weighted by Crippen LogP contribution is 2.35. The van der Waals surface area contributed by atoms with Crippen LogP contribution in [0.1, 0.15) is 24.8 Å². The zero-order valence-corrected chi connectivity index (χ0v) is 18.5. The number of nitrogens with one attached hydrogen (secondary N) is 1. The predicted octanol–water partition coefficient (Wildman–Crippen LogP) is 4.27. The second-order valence-corrected chi connectivity index (χ2v) is 8.57. The third kappa shape index (κ3) is 5.05. The molecule has 2 aromatic heterocycles. The Hall–Kier alpha value is -3.29. The maximum absolute atomic E-state index is 11.6. The van der Waals surface area contributed by atoms with E-state index >= 15 is 0 Å². The standard InChI is InChI=1S/C26H28N2O5/c29-20-4-1-3-18(15-20)17-27-19-7-11-28(12-8-19)10-2-13-32-26-21-5-6-25(30)33-24(21)16-23-22(26)9-14-31-23/h1,3-6,9,14-16,19,27,29H,2,7-8,10-13,17H2. The minimum atomic E-state index is -0.390. The number of phenols is 1. The number of phenolic OH excluding ortho intramolecular Hbond substituents is 1. The van der Waals surface area contributed by atoms with Crippen molar-refractivity contribution in [3.63, 3.8) is 0 Å². The van der Waals surface area contributed by atoms with E-state index in [2.05, 4.69) is 10.2 Å². The van der Waals surface area contributed by atoms with Crippen molar-refractivity contribution in [1.82, 2.24) is 10.2 Å². The fourth-order valence-corrected chi connectivity index (χ4v) is 4.52. The molecule has 1 aliphatic heterocycles. The molecule has 0 atom stereocenters. The normalized spacial score (nSPS) is 15.4. The second-order valence-electron chi connectivity index (χ2n) is 8.57. The zero-order chi connectivity index (χ0) is 22.6. The van der Waals surface area contributed by atoms with Crippen LogP contribution in [0.25, 0.3) is 21.9 Å². The van der Waals surface area contributed by atoms with E-state index in [1.165, 1.54) is 6.07 Å². The average Bonchev–Trinajstić information content (AvgIpc) is 3.29. The third-order valence-electron chi connectivity index (χ3n) is 6.27. The first-order valence-electron chi connectivity index (χ1n) is 11.5. The van der Waals surface area contributed by atoms with Crippen molar-refractivity contribution in [3.05, 3.63) is 70.8 Å². The molecule has 7 heteroatoms. The number of furan rings is 1. The first-order valence-corrected chi connectivity index (χ1v) is 11.5. The summed E-state index contributed by atoms with van der Waals surface area (Å²) < 4.78 is 17.0. The Balaban J connectivity index is 1.10. The van der Waals surface area contributed by atoms with Gasteiger partial charge in [-0.2, -0.15) is 0 Å². The van der Waals surface area contributed by atoms with Gasteiger partial charge in [-0.15, -0.1) is 0 Å². The summed E-state index contributed by atoms with van der Waals surface area (Å²) >= 11 is 0. The lowest BCUT2D eigenvalue weighted by Gasteiger charge is -2.32. The number of benzene rings is 2. The van der Waals surface area contributed by atoms with Crippen molar-refractivity contribution in [2.24, 2.45) is 0 Å². The van der Waals surface area contributed by atoms with Gasteiger partial charge in [0.25, 0.3) is 0 Å². The van der Waals surface area contributed by atoms with Crippen molar-refractivity contribution in [1.29, 1.82) is 0 Å². The molecule has 0 spiro atoms. The number of hydrogen-bond donors (Lipinski definition) is 2. The number of hydrogen-bond acceptors (Lipinski definition) is 7. The number of rotatable bonds is 8. The van der Waals surface area contributed by atoms with Crippen LogP contribution in [0.4, 0.5) is 0 Å². The number of aromatic hydroxyl groups is 1. The SMILES string of the molecule is O=c1ccc2c(OCCCN3CCC(NCc4cccc(O)c4)CC3)c3ccoc3cc2o1. The molecular formula is C26H28N2O5. The quantitative estimate of drug-likeness (QED) is 0.307. The lowest BCUT2D eigenvalue weighted by molar-refractivity contribution is 0.182. The van der Waals surface area contributed by atoms with E-state index in [1.807, 2.05) is 24.3 Å². The van der Waals surface area contributed by atoms with Gasteiger partial charge in [-0.3, -0.25) is 0 Å². The maximum Gasteiger partial charge on any atom is 0.336 e. The van der Waals surface area contributed by atoms with Crippen LogP contribution in [-0.4, -0.2) is 42.3 Å². The van der Waals surface area contributed by atoms with Crippen LogP contribution in [0.2, 0.25) is 0 Å². The Morgan fingerprint density at radius 3 is 2.76 bits per heavy atom. The van der Waals surface area contributed by atoms with Gasteiger partial charge in [-0.05, 0) is 62.2 Å². The van der Waals surface area contributed by atoms with Crippen LogP contribution in [-0.2, 0) is 6.54 Å². The van der Waals surface area contributed by atoms with Crippen LogP contribution in [0.15, 0.2) is 68.4 Å². The Labute approximate surface area is 191 Å². The molecule has 33 heavy (non-hydrogen) atoms. The van der Waals surface area contributed by atoms with Gasteiger partial charge in [-0.1, -0.05) is 12.1 Å². The molecule has 1 saturated heterocycles. The van der Waals surface area contributed by atoms with E-state index in [9.17, 15) is 9.90 Å². The summed E-state index contributed by atoms with van der Waals surface area (Å²) in [6.45, 7) is 4.45. The zero-order valence-electron chi connectivity index (χ0n) is 18.5. The highest BCUT2D eigenvalue weighted by molar-refractivity contribution is 6.01. The van der Waals surface area contributed by atoms with Crippen molar-refractivity contribution in [2.75, 3.05) is 26.2 Å². The van der Waals surface area contributed by atoms with Gasteiger partial charge < -0.3 is 28.9 Å². The minimum Gasteiger partial charge on any atom is -0.508 e. The van der Waals surface area contributed by atoms with Crippen molar-refractivity contribution >= 4 is 21.9 Å². The minimum absolute atomic E-state index is 0.313. The van der Waals surface area contributed by atoms with Crippen LogP contribution < -0.4 is 15.7 Å². The maximum atomic E-state index is 11.6. The van der Waals surface area contributed by atoms with Crippen LogP contribution in [0.3, 0.4) is 0 Å². The molecule has 5 rings (SSSR count). The second kappa shape index (κ2) is 9.68. The molecule has 2 N–H and O–H groups in total. The van der Waals surface area contributed by atoms with E-state index in [4.69, 9.17) is 13.6 Å². The van der Waals surface area contributed by atoms with Crippen molar-refractivity contribution in [2.45, 2.75) is 31.8 Å².